The number of likely N-dealkylation sites (tertiary alicyclic amines) is 1. The first kappa shape index (κ1) is 19.3. The molecule has 0 amide bonds. The van der Waals surface area contributed by atoms with Crippen molar-refractivity contribution in [2.45, 2.75) is 26.2 Å². The minimum atomic E-state index is 0.290. The minimum Gasteiger partial charge on any atom is -0.368 e. The molecule has 2 saturated heterocycles. The van der Waals surface area contributed by atoms with E-state index in [2.05, 4.69) is 43.9 Å². The second kappa shape index (κ2) is 9.01. The summed E-state index contributed by atoms with van der Waals surface area (Å²) in [4.78, 5) is 23.2. The number of carbonyl (C=O) groups is 1. The summed E-state index contributed by atoms with van der Waals surface area (Å²) in [6, 6.07) is 10.7. The predicted octanol–water partition coefficient (Wildman–Crippen LogP) is 3.05. The lowest BCUT2D eigenvalue weighted by Gasteiger charge is -2.38. The average Bonchev–Trinajstić information content (AvgIpc) is 2.73. The number of pyridine rings is 1. The Morgan fingerprint density at radius 2 is 1.79 bits per heavy atom. The van der Waals surface area contributed by atoms with Crippen LogP contribution in [0.25, 0.3) is 10.9 Å². The number of nitrogens with zero attached hydrogens (tertiary/aromatic N) is 4. The number of hydrogen-bond acceptors (Lipinski definition) is 5. The predicted molar refractivity (Wildman–Crippen MR) is 115 cm³/mol. The van der Waals surface area contributed by atoms with Crippen molar-refractivity contribution in [3.63, 3.8) is 0 Å². The molecule has 2 aliphatic rings. The molecule has 0 radical (unpaired) electrons. The van der Waals surface area contributed by atoms with Gasteiger partial charge in [0.1, 0.15) is 5.78 Å². The molecule has 150 valence electrons. The Hall–Kier alpha value is -1.98. The van der Waals surface area contributed by atoms with Gasteiger partial charge in [-0.2, -0.15) is 0 Å². The van der Waals surface area contributed by atoms with Crippen molar-refractivity contribution in [3.05, 3.63) is 36.5 Å². The summed E-state index contributed by atoms with van der Waals surface area (Å²) in [6.45, 7) is 10.2. The quantitative estimate of drug-likeness (QED) is 0.770. The summed E-state index contributed by atoms with van der Waals surface area (Å²) in [5.74, 6) is 1.11. The van der Waals surface area contributed by atoms with E-state index in [4.69, 9.17) is 0 Å². The molecule has 0 unspecified atom stereocenters. The summed E-state index contributed by atoms with van der Waals surface area (Å²) in [6.07, 6.45) is 5.66. The van der Waals surface area contributed by atoms with Crippen molar-refractivity contribution in [2.75, 3.05) is 57.3 Å². The molecular weight excluding hydrogens is 348 g/mol. The smallest absolute Gasteiger partial charge is 0.143 e. The number of carbonyl (C=O) groups excluding carboxylic acids is 1. The van der Waals surface area contributed by atoms with Crippen molar-refractivity contribution in [1.29, 1.82) is 0 Å². The molecular formula is C23H32N4O. The maximum Gasteiger partial charge on any atom is 0.143 e. The van der Waals surface area contributed by atoms with E-state index in [1.807, 2.05) is 12.3 Å². The molecule has 2 aliphatic heterocycles. The van der Waals surface area contributed by atoms with Gasteiger partial charge >= 0.3 is 0 Å². The summed E-state index contributed by atoms with van der Waals surface area (Å²) in [7, 11) is 0. The van der Waals surface area contributed by atoms with Crippen LogP contribution < -0.4 is 4.90 Å². The van der Waals surface area contributed by atoms with Crippen LogP contribution in [0.5, 0.6) is 0 Å². The van der Waals surface area contributed by atoms with Crippen LogP contribution in [0.4, 0.5) is 5.69 Å². The lowest BCUT2D eigenvalue weighted by molar-refractivity contribution is -0.118. The van der Waals surface area contributed by atoms with Crippen LogP contribution in [0, 0.1) is 5.92 Å². The van der Waals surface area contributed by atoms with Crippen LogP contribution in [0.3, 0.4) is 0 Å². The number of aromatic nitrogens is 1. The lowest BCUT2D eigenvalue weighted by Crippen LogP contribution is -2.47. The highest BCUT2D eigenvalue weighted by Crippen LogP contribution is 2.27. The third-order valence-electron chi connectivity index (χ3n) is 6.34. The van der Waals surface area contributed by atoms with Crippen LogP contribution >= 0.6 is 0 Å². The zero-order valence-corrected chi connectivity index (χ0v) is 17.0. The van der Waals surface area contributed by atoms with E-state index >= 15 is 0 Å². The van der Waals surface area contributed by atoms with E-state index < -0.39 is 0 Å². The second-order valence-electron chi connectivity index (χ2n) is 8.39. The molecule has 28 heavy (non-hydrogen) atoms. The molecule has 0 saturated carbocycles. The number of Topliss-reactive ketones (excluding diaryl/α,β-unsaturated/α-hetero) is 1. The van der Waals surface area contributed by atoms with Crippen LogP contribution in [-0.2, 0) is 4.79 Å². The van der Waals surface area contributed by atoms with Gasteiger partial charge in [-0.3, -0.25) is 19.6 Å². The van der Waals surface area contributed by atoms with Gasteiger partial charge in [-0.15, -0.1) is 0 Å². The third kappa shape index (κ3) is 4.70. The van der Waals surface area contributed by atoms with Gasteiger partial charge in [-0.1, -0.05) is 6.07 Å². The number of hydrogen-bond donors (Lipinski definition) is 0. The Morgan fingerprint density at radius 3 is 2.54 bits per heavy atom. The molecule has 0 aliphatic carbocycles. The highest BCUT2D eigenvalue weighted by Gasteiger charge is 2.22. The summed E-state index contributed by atoms with van der Waals surface area (Å²) in [5, 5.41) is 1.26. The summed E-state index contributed by atoms with van der Waals surface area (Å²) >= 11 is 0. The van der Waals surface area contributed by atoms with E-state index in [1.54, 1.807) is 6.92 Å². The molecule has 5 nitrogen and oxygen atoms in total. The summed E-state index contributed by atoms with van der Waals surface area (Å²) in [5.41, 5.74) is 2.40. The van der Waals surface area contributed by atoms with Crippen molar-refractivity contribution in [3.8, 4) is 0 Å². The van der Waals surface area contributed by atoms with Gasteiger partial charge in [-0.05, 0) is 76.0 Å². The fourth-order valence-electron chi connectivity index (χ4n) is 4.69. The Balaban J connectivity index is 1.23. The van der Waals surface area contributed by atoms with Crippen LogP contribution in [-0.4, -0.2) is 72.9 Å². The first-order chi connectivity index (χ1) is 13.7. The molecule has 0 atom stereocenters. The number of piperidine rings is 1. The van der Waals surface area contributed by atoms with Crippen LogP contribution in [0.2, 0.25) is 0 Å². The molecule has 5 heteroatoms. The van der Waals surface area contributed by atoms with Gasteiger partial charge in [0, 0.05) is 43.4 Å². The Kier molecular flexibility index (Phi) is 6.23. The molecule has 1 aromatic carbocycles. The van der Waals surface area contributed by atoms with Crippen LogP contribution in [0.15, 0.2) is 36.5 Å². The average molecular weight is 381 g/mol. The molecule has 0 bridgehead atoms. The normalized spacial score (nSPS) is 20.0. The second-order valence-corrected chi connectivity index (χ2v) is 8.39. The number of ketones is 1. The number of anilines is 1. The van der Waals surface area contributed by atoms with Crippen molar-refractivity contribution in [2.24, 2.45) is 5.92 Å². The lowest BCUT2D eigenvalue weighted by atomic mass is 9.93. The molecule has 0 N–H and O–H groups in total. The monoisotopic (exact) mass is 380 g/mol. The van der Waals surface area contributed by atoms with Gasteiger partial charge in [0.15, 0.2) is 0 Å². The molecule has 4 rings (SSSR count). The van der Waals surface area contributed by atoms with Gasteiger partial charge in [0.25, 0.3) is 0 Å². The molecule has 0 spiro atoms. The Labute approximate surface area is 168 Å². The molecule has 2 fully saturated rings. The minimum absolute atomic E-state index is 0.290. The van der Waals surface area contributed by atoms with Crippen molar-refractivity contribution >= 4 is 22.4 Å². The first-order valence-corrected chi connectivity index (χ1v) is 10.7. The van der Waals surface area contributed by atoms with Crippen molar-refractivity contribution < 1.29 is 4.79 Å². The number of rotatable bonds is 6. The Morgan fingerprint density at radius 1 is 1.00 bits per heavy atom. The largest absolute Gasteiger partial charge is 0.368 e. The Bertz CT molecular complexity index is 787. The number of benzene rings is 1. The summed E-state index contributed by atoms with van der Waals surface area (Å²) < 4.78 is 0. The topological polar surface area (TPSA) is 39.7 Å². The number of piperazine rings is 1. The highest BCUT2D eigenvalue weighted by atomic mass is 16.1. The van der Waals surface area contributed by atoms with E-state index in [9.17, 15) is 4.79 Å². The first-order valence-electron chi connectivity index (χ1n) is 10.7. The van der Waals surface area contributed by atoms with E-state index in [1.165, 1.54) is 36.9 Å². The van der Waals surface area contributed by atoms with Gasteiger partial charge in [0.05, 0.1) is 12.1 Å². The van der Waals surface area contributed by atoms with E-state index in [0.29, 0.717) is 12.3 Å². The SMILES string of the molecule is CC(=O)CN1CCC(CCN2CCN(c3cccc4ncccc34)CC2)CC1. The van der Waals surface area contributed by atoms with E-state index in [-0.39, 0.29) is 0 Å². The van der Waals surface area contributed by atoms with Gasteiger partial charge in [-0.25, -0.2) is 0 Å². The number of fused-ring (bicyclic) bond motifs is 1. The third-order valence-corrected chi connectivity index (χ3v) is 6.34. The standard InChI is InChI=1S/C23H32N4O/c1-19(28)18-26-12-8-20(9-13-26)7-11-25-14-16-27(17-15-25)23-6-2-5-22-21(23)4-3-10-24-22/h2-6,10,20H,7-9,11-18H2,1H3. The zero-order chi connectivity index (χ0) is 19.3. The maximum atomic E-state index is 11.3. The van der Waals surface area contributed by atoms with Crippen molar-refractivity contribution in [1.82, 2.24) is 14.8 Å². The fourth-order valence-corrected chi connectivity index (χ4v) is 4.69. The van der Waals surface area contributed by atoms with Gasteiger partial charge in [0.2, 0.25) is 0 Å². The van der Waals surface area contributed by atoms with Gasteiger partial charge < -0.3 is 4.90 Å². The zero-order valence-electron chi connectivity index (χ0n) is 17.0. The maximum absolute atomic E-state index is 11.3. The van der Waals surface area contributed by atoms with Crippen LogP contribution in [0.1, 0.15) is 26.2 Å². The fraction of sp³-hybridized carbons (Fsp3) is 0.565. The molecule has 1 aromatic heterocycles. The van der Waals surface area contributed by atoms with E-state index in [0.717, 1.165) is 50.7 Å². The molecule has 2 aromatic rings. The highest BCUT2D eigenvalue weighted by molar-refractivity contribution is 5.91. The molecule has 3 heterocycles.